The number of nitrogens with two attached hydrogens (primary N) is 2. The predicted octanol–water partition coefficient (Wildman–Crippen LogP) is -0.0818. The minimum atomic E-state index is 0. The van der Waals surface area contributed by atoms with Crippen LogP contribution in [0.2, 0.25) is 0 Å². The Bertz CT molecular complexity index is 104. The standard InChI is InChI=1S/C4H9N3.2ClH/c5-3-1-4(6)7-2-3;;/h3H,1-2,5H2,(H2,6,7);2*1H. The molecule has 1 rings (SSSR count). The minimum Gasteiger partial charge on any atom is -0.387 e. The van der Waals surface area contributed by atoms with Crippen LogP contribution in [0.5, 0.6) is 0 Å². The van der Waals surface area contributed by atoms with Gasteiger partial charge in [-0.15, -0.1) is 24.8 Å². The maximum Gasteiger partial charge on any atom is 0.0954 e. The van der Waals surface area contributed by atoms with Crippen LogP contribution < -0.4 is 11.5 Å². The lowest BCUT2D eigenvalue weighted by atomic mass is 10.3. The highest BCUT2D eigenvalue weighted by Crippen LogP contribution is 1.96. The third kappa shape index (κ3) is 3.56. The highest BCUT2D eigenvalue weighted by molar-refractivity contribution is 5.85. The Morgan fingerprint density at radius 3 is 2.11 bits per heavy atom. The van der Waals surface area contributed by atoms with Crippen LogP contribution in [0.4, 0.5) is 0 Å². The zero-order chi connectivity index (χ0) is 5.28. The smallest absolute Gasteiger partial charge is 0.0954 e. The molecule has 3 nitrogen and oxygen atoms in total. The fourth-order valence-corrected chi connectivity index (χ4v) is 0.632. The molecule has 0 spiro atoms. The van der Waals surface area contributed by atoms with E-state index in [1.54, 1.807) is 0 Å². The summed E-state index contributed by atoms with van der Waals surface area (Å²) in [6, 6.07) is 0.194. The number of hydrogen-bond donors (Lipinski definition) is 2. The van der Waals surface area contributed by atoms with Gasteiger partial charge in [0.05, 0.1) is 12.4 Å². The van der Waals surface area contributed by atoms with Crippen molar-refractivity contribution >= 4 is 30.6 Å². The van der Waals surface area contributed by atoms with E-state index in [1.165, 1.54) is 0 Å². The molecule has 56 valence electrons. The number of aliphatic imine (C=N–C) groups is 1. The van der Waals surface area contributed by atoms with Gasteiger partial charge in [0.2, 0.25) is 0 Å². The average Bonchev–Trinajstić information content (AvgIpc) is 1.87. The van der Waals surface area contributed by atoms with Crippen molar-refractivity contribution in [2.45, 2.75) is 12.5 Å². The molecule has 0 aromatic carbocycles. The molecule has 0 fully saturated rings. The molecule has 0 aromatic heterocycles. The summed E-state index contributed by atoms with van der Waals surface area (Å²) in [5.41, 5.74) is 10.7. The zero-order valence-electron chi connectivity index (χ0n) is 4.91. The summed E-state index contributed by atoms with van der Waals surface area (Å²) >= 11 is 0. The van der Waals surface area contributed by atoms with Crippen LogP contribution in [0.1, 0.15) is 6.42 Å². The first-order chi connectivity index (χ1) is 3.29. The van der Waals surface area contributed by atoms with Gasteiger partial charge in [0, 0.05) is 12.5 Å². The summed E-state index contributed by atoms with van der Waals surface area (Å²) < 4.78 is 0. The van der Waals surface area contributed by atoms with E-state index >= 15 is 0 Å². The zero-order valence-corrected chi connectivity index (χ0v) is 6.54. The first kappa shape index (κ1) is 11.8. The summed E-state index contributed by atoms with van der Waals surface area (Å²) in [5.74, 6) is 0.701. The summed E-state index contributed by atoms with van der Waals surface area (Å²) in [6.07, 6.45) is 0.778. The summed E-state index contributed by atoms with van der Waals surface area (Å²) in [5, 5.41) is 0. The fourth-order valence-electron chi connectivity index (χ4n) is 0.632. The van der Waals surface area contributed by atoms with Gasteiger partial charge in [0.1, 0.15) is 0 Å². The molecule has 1 atom stereocenters. The van der Waals surface area contributed by atoms with Crippen molar-refractivity contribution in [2.24, 2.45) is 16.5 Å². The lowest BCUT2D eigenvalue weighted by Gasteiger charge is -1.93. The van der Waals surface area contributed by atoms with Gasteiger partial charge in [-0.3, -0.25) is 4.99 Å². The molecule has 1 heterocycles. The van der Waals surface area contributed by atoms with Crippen LogP contribution in [0, 0.1) is 0 Å². The largest absolute Gasteiger partial charge is 0.387 e. The topological polar surface area (TPSA) is 64.4 Å². The Labute approximate surface area is 66.7 Å². The molecule has 0 radical (unpaired) electrons. The van der Waals surface area contributed by atoms with Crippen molar-refractivity contribution in [1.29, 1.82) is 0 Å². The van der Waals surface area contributed by atoms with E-state index in [0.29, 0.717) is 12.4 Å². The van der Waals surface area contributed by atoms with Crippen LogP contribution in [-0.4, -0.2) is 18.4 Å². The monoisotopic (exact) mass is 171 g/mol. The Hall–Kier alpha value is 0.01000. The third-order valence-corrected chi connectivity index (χ3v) is 1.00. The fraction of sp³-hybridized carbons (Fsp3) is 0.750. The molecule has 1 aliphatic rings. The highest BCUT2D eigenvalue weighted by atomic mass is 35.5. The van der Waals surface area contributed by atoms with E-state index in [0.717, 1.165) is 6.42 Å². The Morgan fingerprint density at radius 2 is 2.00 bits per heavy atom. The summed E-state index contributed by atoms with van der Waals surface area (Å²) in [7, 11) is 0. The second kappa shape index (κ2) is 4.85. The predicted molar refractivity (Wildman–Crippen MR) is 43.6 cm³/mol. The lowest BCUT2D eigenvalue weighted by molar-refractivity contribution is 0.755. The molecule has 0 amide bonds. The Morgan fingerprint density at radius 1 is 1.44 bits per heavy atom. The average molecular weight is 172 g/mol. The lowest BCUT2D eigenvalue weighted by Crippen LogP contribution is -2.22. The number of amidine groups is 1. The first-order valence-corrected chi connectivity index (χ1v) is 2.33. The summed E-state index contributed by atoms with van der Waals surface area (Å²) in [6.45, 7) is 0.714. The molecule has 9 heavy (non-hydrogen) atoms. The van der Waals surface area contributed by atoms with E-state index < -0.39 is 0 Å². The second-order valence-corrected chi connectivity index (χ2v) is 1.80. The quantitative estimate of drug-likeness (QED) is 0.536. The first-order valence-electron chi connectivity index (χ1n) is 2.33. The Kier molecular flexibility index (Phi) is 6.34. The van der Waals surface area contributed by atoms with Gasteiger partial charge in [-0.25, -0.2) is 0 Å². The number of hydrogen-bond acceptors (Lipinski definition) is 3. The van der Waals surface area contributed by atoms with Gasteiger partial charge >= 0.3 is 0 Å². The van der Waals surface area contributed by atoms with Crippen molar-refractivity contribution in [3.63, 3.8) is 0 Å². The SMILES string of the molecule is Cl.Cl.NC1=NCC(N)C1. The van der Waals surface area contributed by atoms with Gasteiger partial charge in [-0.1, -0.05) is 0 Å². The molecule has 0 aliphatic carbocycles. The van der Waals surface area contributed by atoms with Gasteiger partial charge < -0.3 is 11.5 Å². The van der Waals surface area contributed by atoms with Crippen LogP contribution in [-0.2, 0) is 0 Å². The molecule has 1 aliphatic heterocycles. The van der Waals surface area contributed by atoms with Crippen LogP contribution in [0.25, 0.3) is 0 Å². The third-order valence-electron chi connectivity index (χ3n) is 1.00. The number of nitrogens with zero attached hydrogens (tertiary/aromatic N) is 1. The van der Waals surface area contributed by atoms with E-state index in [4.69, 9.17) is 11.5 Å². The number of halogens is 2. The van der Waals surface area contributed by atoms with Gasteiger partial charge in [-0.05, 0) is 0 Å². The highest BCUT2D eigenvalue weighted by Gasteiger charge is 2.09. The normalized spacial score (nSPS) is 23.7. The van der Waals surface area contributed by atoms with Crippen LogP contribution >= 0.6 is 24.8 Å². The van der Waals surface area contributed by atoms with E-state index in [1.807, 2.05) is 0 Å². The number of rotatable bonds is 0. The summed E-state index contributed by atoms with van der Waals surface area (Å²) in [4.78, 5) is 3.89. The van der Waals surface area contributed by atoms with Crippen LogP contribution in [0.3, 0.4) is 0 Å². The molecular weight excluding hydrogens is 161 g/mol. The molecule has 0 bridgehead atoms. The van der Waals surface area contributed by atoms with Gasteiger partial charge in [0.25, 0.3) is 0 Å². The van der Waals surface area contributed by atoms with Gasteiger partial charge in [0.15, 0.2) is 0 Å². The molecule has 1 unspecified atom stereocenters. The molecule has 0 saturated heterocycles. The van der Waals surface area contributed by atoms with E-state index in [-0.39, 0.29) is 30.9 Å². The van der Waals surface area contributed by atoms with Crippen molar-refractivity contribution in [2.75, 3.05) is 6.54 Å². The van der Waals surface area contributed by atoms with Crippen molar-refractivity contribution in [3.8, 4) is 0 Å². The molecule has 0 saturated carbocycles. The van der Waals surface area contributed by atoms with Crippen LogP contribution in [0.15, 0.2) is 4.99 Å². The maximum absolute atomic E-state index is 5.43. The van der Waals surface area contributed by atoms with Crippen molar-refractivity contribution < 1.29 is 0 Å². The van der Waals surface area contributed by atoms with Crippen molar-refractivity contribution in [3.05, 3.63) is 0 Å². The molecule has 4 N–H and O–H groups in total. The minimum absolute atomic E-state index is 0. The molecular formula is C4H11Cl2N3. The van der Waals surface area contributed by atoms with Crippen molar-refractivity contribution in [1.82, 2.24) is 0 Å². The second-order valence-electron chi connectivity index (χ2n) is 1.80. The Balaban J connectivity index is 0. The van der Waals surface area contributed by atoms with Gasteiger partial charge in [-0.2, -0.15) is 0 Å². The molecule has 0 aromatic rings. The maximum atomic E-state index is 5.43. The van der Waals surface area contributed by atoms with E-state index in [9.17, 15) is 0 Å². The molecule has 5 heteroatoms. The van der Waals surface area contributed by atoms with E-state index in [2.05, 4.69) is 4.99 Å².